The second-order valence-corrected chi connectivity index (χ2v) is 14.7. The van der Waals surface area contributed by atoms with Gasteiger partial charge in [-0.2, -0.15) is 0 Å². The molecule has 0 spiro atoms. The summed E-state index contributed by atoms with van der Waals surface area (Å²) >= 11 is 0. The molecule has 4 heteroatoms. The third-order valence-corrected chi connectivity index (χ3v) is 12.1. The molecule has 0 aliphatic carbocycles. The molecule has 0 saturated heterocycles. The van der Waals surface area contributed by atoms with Crippen LogP contribution >= 0.6 is 7.14 Å². The van der Waals surface area contributed by atoms with Crippen LogP contribution in [-0.2, 0) is 4.57 Å². The molecule has 0 N–H and O–H groups in total. The van der Waals surface area contributed by atoms with Crippen molar-refractivity contribution >= 4 is 61.8 Å². The predicted octanol–water partition coefficient (Wildman–Crippen LogP) is 10.6. The van der Waals surface area contributed by atoms with E-state index >= 15 is 0 Å². The van der Waals surface area contributed by atoms with Crippen LogP contribution in [0.3, 0.4) is 0 Å². The van der Waals surface area contributed by atoms with Crippen molar-refractivity contribution in [3.8, 4) is 22.4 Å². The highest BCUT2D eigenvalue weighted by molar-refractivity contribution is 7.85. The van der Waals surface area contributed by atoms with E-state index in [1.165, 1.54) is 0 Å². The average Bonchev–Trinajstić information content (AvgIpc) is 3.49. The summed E-state index contributed by atoms with van der Waals surface area (Å²) in [5, 5.41) is 6.74. The van der Waals surface area contributed by atoms with Crippen LogP contribution < -0.4 is 15.9 Å². The number of furan rings is 1. The van der Waals surface area contributed by atoms with Gasteiger partial charge in [0.1, 0.15) is 11.3 Å². The maximum Gasteiger partial charge on any atom is 0.171 e. The summed E-state index contributed by atoms with van der Waals surface area (Å²) in [6.07, 6.45) is 5.76. The molecule has 0 aliphatic rings. The summed E-state index contributed by atoms with van der Waals surface area (Å²) in [7, 11) is -3.03. The van der Waals surface area contributed by atoms with Gasteiger partial charge in [-0.05, 0) is 41.0 Å². The molecule has 3 nitrogen and oxygen atoms in total. The van der Waals surface area contributed by atoms with Crippen molar-refractivity contribution in [2.24, 2.45) is 0 Å². The van der Waals surface area contributed by atoms with Crippen LogP contribution in [0.1, 0.15) is 11.3 Å². The number of benzene rings is 6. The summed E-state index contributed by atoms with van der Waals surface area (Å²) in [6, 6.07) is 48.9. The number of hydrogen-bond donors (Lipinski definition) is 0. The Hall–Kier alpha value is -5.76. The van der Waals surface area contributed by atoms with Gasteiger partial charge >= 0.3 is 0 Å². The minimum atomic E-state index is -3.03. The SMILES string of the molecule is C=C/C=C\c1c(C)oc2c1c(-c1ccc(-c3ccc(P(=O)(c4ccccc4)c4ccccc4)cc3)cc1)nc1cc3ccccc3cc12. The molecule has 2 aromatic heterocycles. The van der Waals surface area contributed by atoms with Gasteiger partial charge in [0.05, 0.1) is 16.6 Å². The van der Waals surface area contributed by atoms with Gasteiger partial charge in [-0.1, -0.05) is 158 Å². The largest absolute Gasteiger partial charge is 0.460 e. The van der Waals surface area contributed by atoms with Crippen molar-refractivity contribution in [1.82, 2.24) is 4.98 Å². The molecule has 0 bridgehead atoms. The quantitative estimate of drug-likeness (QED) is 0.0992. The van der Waals surface area contributed by atoms with Gasteiger partial charge in [0.25, 0.3) is 0 Å². The van der Waals surface area contributed by atoms with Crippen LogP contribution in [0.4, 0.5) is 0 Å². The summed E-state index contributed by atoms with van der Waals surface area (Å²) in [4.78, 5) is 5.25. The first-order valence-corrected chi connectivity index (χ1v) is 17.7. The second kappa shape index (κ2) is 12.1. The molecule has 8 rings (SSSR count). The van der Waals surface area contributed by atoms with Crippen LogP contribution in [0, 0.1) is 6.92 Å². The maximum absolute atomic E-state index is 14.8. The molecular weight excluding hydrogens is 605 g/mol. The maximum atomic E-state index is 14.8. The molecule has 0 amide bonds. The van der Waals surface area contributed by atoms with Gasteiger partial charge in [-0.25, -0.2) is 4.98 Å². The lowest BCUT2D eigenvalue weighted by Crippen LogP contribution is -2.24. The van der Waals surface area contributed by atoms with Crippen molar-refractivity contribution in [2.45, 2.75) is 6.92 Å². The van der Waals surface area contributed by atoms with Crippen LogP contribution in [-0.4, -0.2) is 4.98 Å². The third kappa shape index (κ3) is 5.01. The van der Waals surface area contributed by atoms with E-state index in [1.54, 1.807) is 6.08 Å². The Labute approximate surface area is 279 Å². The fraction of sp³-hybridized carbons (Fsp3) is 0.0227. The molecule has 0 atom stereocenters. The lowest BCUT2D eigenvalue weighted by molar-refractivity contribution is 0.580. The lowest BCUT2D eigenvalue weighted by atomic mass is 9.97. The van der Waals surface area contributed by atoms with E-state index in [2.05, 4.69) is 79.4 Å². The Balaban J connectivity index is 1.22. The normalized spacial score (nSPS) is 11.9. The molecule has 8 aromatic rings. The molecule has 0 fully saturated rings. The first-order chi connectivity index (χ1) is 23.5. The van der Waals surface area contributed by atoms with Gasteiger partial charge in [-0.15, -0.1) is 0 Å². The van der Waals surface area contributed by atoms with E-state index < -0.39 is 7.14 Å². The summed E-state index contributed by atoms with van der Waals surface area (Å²) < 4.78 is 21.3. The molecule has 6 aromatic carbocycles. The van der Waals surface area contributed by atoms with Crippen LogP contribution in [0.15, 0.2) is 169 Å². The van der Waals surface area contributed by atoms with E-state index in [0.29, 0.717) is 0 Å². The van der Waals surface area contributed by atoms with Gasteiger partial charge < -0.3 is 8.98 Å². The number of fused-ring (bicyclic) bond motifs is 4. The van der Waals surface area contributed by atoms with Crippen LogP contribution in [0.25, 0.3) is 61.1 Å². The first kappa shape index (κ1) is 29.6. The topological polar surface area (TPSA) is 43.1 Å². The van der Waals surface area contributed by atoms with E-state index in [1.807, 2.05) is 91.9 Å². The minimum Gasteiger partial charge on any atom is -0.460 e. The van der Waals surface area contributed by atoms with E-state index in [-0.39, 0.29) is 0 Å². The van der Waals surface area contributed by atoms with E-state index in [0.717, 1.165) is 82.3 Å². The smallest absolute Gasteiger partial charge is 0.171 e. The highest BCUT2D eigenvalue weighted by atomic mass is 31.2. The first-order valence-electron chi connectivity index (χ1n) is 16.0. The van der Waals surface area contributed by atoms with E-state index in [9.17, 15) is 4.57 Å². The summed E-state index contributed by atoms with van der Waals surface area (Å²) in [5.74, 6) is 0.840. The Kier molecular flexibility index (Phi) is 7.48. The van der Waals surface area contributed by atoms with Gasteiger partial charge in [0.2, 0.25) is 0 Å². The van der Waals surface area contributed by atoms with Crippen molar-refractivity contribution in [3.05, 3.63) is 176 Å². The monoisotopic (exact) mass is 637 g/mol. The Bertz CT molecular complexity index is 2490. The fourth-order valence-electron chi connectivity index (χ4n) is 6.64. The highest BCUT2D eigenvalue weighted by Crippen LogP contribution is 2.43. The molecule has 0 saturated carbocycles. The van der Waals surface area contributed by atoms with Crippen molar-refractivity contribution in [1.29, 1.82) is 0 Å². The predicted molar refractivity (Wildman–Crippen MR) is 203 cm³/mol. The average molecular weight is 638 g/mol. The number of aryl methyl sites for hydroxylation is 1. The molecule has 0 radical (unpaired) electrons. The van der Waals surface area contributed by atoms with Crippen molar-refractivity contribution in [2.75, 3.05) is 0 Å². The van der Waals surface area contributed by atoms with Crippen molar-refractivity contribution < 1.29 is 8.98 Å². The molecule has 48 heavy (non-hydrogen) atoms. The lowest BCUT2D eigenvalue weighted by Gasteiger charge is -2.20. The van der Waals surface area contributed by atoms with Gasteiger partial charge in [0.15, 0.2) is 7.14 Å². The second-order valence-electron chi connectivity index (χ2n) is 12.0. The minimum absolute atomic E-state index is 0.811. The zero-order chi connectivity index (χ0) is 32.7. The van der Waals surface area contributed by atoms with Gasteiger partial charge in [0, 0.05) is 32.4 Å². The molecule has 2 heterocycles. The zero-order valence-corrected chi connectivity index (χ0v) is 27.4. The number of nitrogens with zero attached hydrogens (tertiary/aromatic N) is 1. The summed E-state index contributed by atoms with van der Waals surface area (Å²) in [6.45, 7) is 5.87. The Morgan fingerprint density at radius 3 is 1.77 bits per heavy atom. The molecule has 230 valence electrons. The molecular formula is C44H32NO2P. The number of hydrogen-bond acceptors (Lipinski definition) is 3. The Morgan fingerprint density at radius 2 is 1.17 bits per heavy atom. The number of pyridine rings is 1. The van der Waals surface area contributed by atoms with E-state index in [4.69, 9.17) is 9.40 Å². The third-order valence-electron chi connectivity index (χ3n) is 9.07. The van der Waals surface area contributed by atoms with Crippen LogP contribution in [0.2, 0.25) is 0 Å². The summed E-state index contributed by atoms with van der Waals surface area (Å²) in [5.41, 5.74) is 6.73. The van der Waals surface area contributed by atoms with Gasteiger partial charge in [-0.3, -0.25) is 0 Å². The standard InChI is InChI=1S/C44H32NO2P/c1-3-4-19-39-30(2)47-44-40-28-34-13-11-12-14-35(34)29-41(40)45-43(42(39)44)33-22-20-31(21-23-33)32-24-26-38(27-25-32)48(46,36-15-7-5-8-16-36)37-17-9-6-10-18-37/h3-29H,1H2,2H3/b19-4-. The van der Waals surface area contributed by atoms with Crippen LogP contribution in [0.5, 0.6) is 0 Å². The fourth-order valence-corrected chi connectivity index (χ4v) is 9.29. The molecule has 0 aliphatic heterocycles. The Morgan fingerprint density at radius 1 is 0.646 bits per heavy atom. The number of rotatable bonds is 7. The number of aromatic nitrogens is 1. The highest BCUT2D eigenvalue weighted by Gasteiger charge is 2.29. The zero-order valence-electron chi connectivity index (χ0n) is 26.5. The number of allylic oxidation sites excluding steroid dienone is 2. The van der Waals surface area contributed by atoms with Crippen molar-refractivity contribution in [3.63, 3.8) is 0 Å². The molecule has 0 unspecified atom stereocenters.